The van der Waals surface area contributed by atoms with Crippen molar-refractivity contribution < 1.29 is 9.59 Å². The van der Waals surface area contributed by atoms with Crippen LogP contribution in [0.2, 0.25) is 0 Å². The van der Waals surface area contributed by atoms with E-state index in [0.717, 1.165) is 22.3 Å². The number of piperazine rings is 1. The Kier molecular flexibility index (Phi) is 10.9. The zero-order chi connectivity index (χ0) is 30.1. The lowest BCUT2D eigenvalue weighted by Gasteiger charge is -2.45. The van der Waals surface area contributed by atoms with E-state index in [2.05, 4.69) is 41.7 Å². The highest BCUT2D eigenvalue weighted by molar-refractivity contribution is 5.97. The fourth-order valence-corrected chi connectivity index (χ4v) is 5.59. The van der Waals surface area contributed by atoms with Gasteiger partial charge in [-0.05, 0) is 47.4 Å². The molecule has 3 N–H and O–H groups in total. The molecule has 0 aliphatic carbocycles. The lowest BCUT2D eigenvalue weighted by molar-refractivity contribution is -0.162. The van der Waals surface area contributed by atoms with Crippen LogP contribution in [0.1, 0.15) is 43.0 Å². The Morgan fingerprint density at radius 3 is 2.17 bits per heavy atom. The lowest BCUT2D eigenvalue weighted by atomic mass is 9.96. The van der Waals surface area contributed by atoms with E-state index in [4.69, 9.17) is 5.73 Å². The number of amides is 2. The van der Waals surface area contributed by atoms with E-state index in [-0.39, 0.29) is 17.9 Å². The highest BCUT2D eigenvalue weighted by Crippen LogP contribution is 2.24. The second-order valence-corrected chi connectivity index (χ2v) is 10.8. The van der Waals surface area contributed by atoms with Crippen molar-refractivity contribution in [1.82, 2.24) is 15.1 Å². The van der Waals surface area contributed by atoms with Crippen molar-refractivity contribution in [2.75, 3.05) is 13.1 Å². The van der Waals surface area contributed by atoms with Gasteiger partial charge in [-0.15, -0.1) is 0 Å². The normalized spacial score (nSPS) is 17.6. The third kappa shape index (κ3) is 7.44. The number of aryl methyl sites for hydroxylation is 1. The van der Waals surface area contributed by atoms with Crippen LogP contribution >= 0.6 is 0 Å². The Hall–Kier alpha value is -4.00. The van der Waals surface area contributed by atoms with Crippen molar-refractivity contribution in [2.24, 2.45) is 5.73 Å². The van der Waals surface area contributed by atoms with Crippen LogP contribution in [0.5, 0.6) is 0 Å². The van der Waals surface area contributed by atoms with Gasteiger partial charge in [0.2, 0.25) is 11.8 Å². The summed E-state index contributed by atoms with van der Waals surface area (Å²) in [6.45, 7) is 9.63. The number of benzene rings is 4. The molecule has 1 saturated heterocycles. The topological polar surface area (TPSA) is 78.7 Å². The number of fused-ring (bicyclic) bond motifs is 1. The van der Waals surface area contributed by atoms with Crippen molar-refractivity contribution in [3.8, 4) is 0 Å². The van der Waals surface area contributed by atoms with E-state index in [9.17, 15) is 9.59 Å². The molecular formula is C36H44N4O2. The average molecular weight is 565 g/mol. The molecule has 5 rings (SSSR count). The SMILES string of the molecule is CC.Cc1cccc(CC2C(=O)N(Cc3ccccc3)C(C)C(=O)N2CC(CN)NCc2ccc3ccccc3c2)c1. The summed E-state index contributed by atoms with van der Waals surface area (Å²) in [5.74, 6) is -0.0677. The summed E-state index contributed by atoms with van der Waals surface area (Å²) in [5.41, 5.74) is 10.5. The Morgan fingerprint density at radius 2 is 1.45 bits per heavy atom. The Morgan fingerprint density at radius 1 is 0.762 bits per heavy atom. The highest BCUT2D eigenvalue weighted by atomic mass is 16.2. The van der Waals surface area contributed by atoms with Crippen LogP contribution in [0, 0.1) is 6.92 Å². The number of carbonyl (C=O) groups excluding carboxylic acids is 2. The molecule has 0 bridgehead atoms. The number of hydrogen-bond acceptors (Lipinski definition) is 4. The number of carbonyl (C=O) groups is 2. The van der Waals surface area contributed by atoms with Gasteiger partial charge < -0.3 is 20.9 Å². The molecule has 0 radical (unpaired) electrons. The Labute approximate surface area is 250 Å². The van der Waals surface area contributed by atoms with E-state index in [0.29, 0.717) is 32.6 Å². The number of nitrogens with zero attached hydrogens (tertiary/aromatic N) is 2. The van der Waals surface area contributed by atoms with Gasteiger partial charge in [-0.3, -0.25) is 9.59 Å². The minimum absolute atomic E-state index is 0.0252. The van der Waals surface area contributed by atoms with Crippen LogP contribution in [-0.2, 0) is 29.1 Å². The summed E-state index contributed by atoms with van der Waals surface area (Å²) in [7, 11) is 0. The summed E-state index contributed by atoms with van der Waals surface area (Å²) in [6, 6.07) is 31.4. The van der Waals surface area contributed by atoms with Crippen LogP contribution in [-0.4, -0.2) is 52.8 Å². The summed E-state index contributed by atoms with van der Waals surface area (Å²) in [4.78, 5) is 31.4. The number of hydrogen-bond donors (Lipinski definition) is 2. The van der Waals surface area contributed by atoms with Crippen LogP contribution < -0.4 is 11.1 Å². The first kappa shape index (κ1) is 30.9. The number of nitrogens with one attached hydrogen (secondary N) is 1. The predicted molar refractivity (Wildman–Crippen MR) is 172 cm³/mol. The maximum atomic E-state index is 14.0. The molecule has 3 atom stereocenters. The van der Waals surface area contributed by atoms with E-state index < -0.39 is 12.1 Å². The number of rotatable bonds is 10. The molecule has 4 aromatic carbocycles. The third-order valence-electron chi connectivity index (χ3n) is 7.87. The predicted octanol–water partition coefficient (Wildman–Crippen LogP) is 5.46. The third-order valence-corrected chi connectivity index (χ3v) is 7.87. The molecule has 6 heteroatoms. The standard InChI is InChI=1S/C34H38N4O2.C2H6/c1-24-9-8-12-27(17-24)19-32-34(40)37(22-26-10-4-3-5-11-26)25(2)33(39)38(32)23-31(20-35)36-21-28-15-16-29-13-6-7-14-30(29)18-28;1-2/h3-18,25,31-32,36H,19-23,35H2,1-2H3;1-2H3. The van der Waals surface area contributed by atoms with E-state index in [1.54, 1.807) is 9.80 Å². The number of nitrogens with two attached hydrogens (primary N) is 1. The van der Waals surface area contributed by atoms with E-state index in [1.807, 2.05) is 88.4 Å². The van der Waals surface area contributed by atoms with Gasteiger partial charge in [-0.1, -0.05) is 110 Å². The maximum Gasteiger partial charge on any atom is 0.246 e. The van der Waals surface area contributed by atoms with Crippen LogP contribution in [0.25, 0.3) is 10.8 Å². The minimum atomic E-state index is -0.592. The maximum absolute atomic E-state index is 14.0. The van der Waals surface area contributed by atoms with Gasteiger partial charge in [0.15, 0.2) is 0 Å². The van der Waals surface area contributed by atoms with Gasteiger partial charge in [0, 0.05) is 38.6 Å². The van der Waals surface area contributed by atoms with Crippen LogP contribution in [0.3, 0.4) is 0 Å². The lowest BCUT2D eigenvalue weighted by Crippen LogP contribution is -2.66. The molecule has 1 aliphatic heterocycles. The quantitative estimate of drug-likeness (QED) is 0.268. The molecule has 1 aliphatic rings. The Bertz CT molecular complexity index is 1470. The first-order valence-electron chi connectivity index (χ1n) is 15.0. The smallest absolute Gasteiger partial charge is 0.246 e. The largest absolute Gasteiger partial charge is 0.329 e. The van der Waals surface area contributed by atoms with Gasteiger partial charge in [-0.25, -0.2) is 0 Å². The molecule has 0 aromatic heterocycles. The van der Waals surface area contributed by atoms with Gasteiger partial charge in [0.05, 0.1) is 0 Å². The molecule has 2 amide bonds. The molecule has 1 heterocycles. The second kappa shape index (κ2) is 14.8. The zero-order valence-electron chi connectivity index (χ0n) is 25.3. The summed E-state index contributed by atoms with van der Waals surface area (Å²) >= 11 is 0. The monoisotopic (exact) mass is 564 g/mol. The summed E-state index contributed by atoms with van der Waals surface area (Å²) < 4.78 is 0. The van der Waals surface area contributed by atoms with Crippen molar-refractivity contribution in [2.45, 2.75) is 65.3 Å². The molecule has 0 spiro atoms. The fourth-order valence-electron chi connectivity index (χ4n) is 5.59. The molecular weight excluding hydrogens is 520 g/mol. The highest BCUT2D eigenvalue weighted by Gasteiger charge is 2.44. The fraction of sp³-hybridized carbons (Fsp3) is 0.333. The van der Waals surface area contributed by atoms with Gasteiger partial charge in [0.25, 0.3) is 0 Å². The van der Waals surface area contributed by atoms with Crippen molar-refractivity contribution >= 4 is 22.6 Å². The van der Waals surface area contributed by atoms with Crippen molar-refractivity contribution in [1.29, 1.82) is 0 Å². The molecule has 220 valence electrons. The molecule has 42 heavy (non-hydrogen) atoms. The van der Waals surface area contributed by atoms with Gasteiger partial charge in [-0.2, -0.15) is 0 Å². The molecule has 4 aromatic rings. The summed E-state index contributed by atoms with van der Waals surface area (Å²) in [6.07, 6.45) is 0.465. The van der Waals surface area contributed by atoms with Gasteiger partial charge >= 0.3 is 0 Å². The van der Waals surface area contributed by atoms with Crippen LogP contribution in [0.15, 0.2) is 97.1 Å². The molecule has 3 unspecified atom stereocenters. The Balaban J connectivity index is 0.00000198. The van der Waals surface area contributed by atoms with Gasteiger partial charge in [0.1, 0.15) is 12.1 Å². The average Bonchev–Trinajstić information content (AvgIpc) is 3.03. The van der Waals surface area contributed by atoms with Crippen molar-refractivity contribution in [3.05, 3.63) is 119 Å². The van der Waals surface area contributed by atoms with E-state index in [1.165, 1.54) is 10.8 Å². The first-order chi connectivity index (χ1) is 20.4. The molecule has 0 saturated carbocycles. The van der Waals surface area contributed by atoms with Crippen molar-refractivity contribution in [3.63, 3.8) is 0 Å². The molecule has 6 nitrogen and oxygen atoms in total. The summed E-state index contributed by atoms with van der Waals surface area (Å²) in [5, 5.41) is 5.94. The zero-order valence-corrected chi connectivity index (χ0v) is 25.3. The van der Waals surface area contributed by atoms with E-state index >= 15 is 0 Å². The molecule has 1 fully saturated rings. The second-order valence-electron chi connectivity index (χ2n) is 10.8. The van der Waals surface area contributed by atoms with Crippen LogP contribution in [0.4, 0.5) is 0 Å². The first-order valence-corrected chi connectivity index (χ1v) is 15.0. The minimum Gasteiger partial charge on any atom is -0.329 e.